The SMILES string of the molecule is CN1CCN(c2ccc(-n3cnc4ccc(/C=C5\SC(=O)NC5=O)cc43)cc2)CC1. The van der Waals surface area contributed by atoms with E-state index in [-0.39, 0.29) is 11.1 Å². The lowest BCUT2D eigenvalue weighted by atomic mass is 10.1. The third kappa shape index (κ3) is 3.59. The summed E-state index contributed by atoms with van der Waals surface area (Å²) in [5.41, 5.74) is 4.94. The zero-order valence-electron chi connectivity index (χ0n) is 16.5. The Morgan fingerprint density at radius 1 is 1.00 bits per heavy atom. The molecule has 2 amide bonds. The Morgan fingerprint density at radius 2 is 1.73 bits per heavy atom. The van der Waals surface area contributed by atoms with Gasteiger partial charge in [0.2, 0.25) is 0 Å². The number of imide groups is 1. The largest absolute Gasteiger partial charge is 0.369 e. The van der Waals surface area contributed by atoms with Crippen molar-refractivity contribution in [3.8, 4) is 5.69 Å². The zero-order valence-corrected chi connectivity index (χ0v) is 17.4. The second-order valence-electron chi connectivity index (χ2n) is 7.52. The van der Waals surface area contributed by atoms with Gasteiger partial charge in [-0.1, -0.05) is 6.07 Å². The minimum Gasteiger partial charge on any atom is -0.369 e. The van der Waals surface area contributed by atoms with Crippen LogP contribution in [0.4, 0.5) is 10.5 Å². The Kier molecular flexibility index (Phi) is 4.80. The van der Waals surface area contributed by atoms with E-state index in [0.717, 1.165) is 60.2 Å². The number of amides is 2. The summed E-state index contributed by atoms with van der Waals surface area (Å²) in [6.07, 6.45) is 3.55. The van der Waals surface area contributed by atoms with Gasteiger partial charge in [0.15, 0.2) is 0 Å². The number of carbonyl (C=O) groups excluding carboxylic acids is 2. The number of benzene rings is 2. The lowest BCUT2D eigenvalue weighted by Crippen LogP contribution is -2.44. The van der Waals surface area contributed by atoms with Crippen molar-refractivity contribution in [3.63, 3.8) is 0 Å². The number of rotatable bonds is 3. The fourth-order valence-electron chi connectivity index (χ4n) is 3.78. The number of fused-ring (bicyclic) bond motifs is 1. The summed E-state index contributed by atoms with van der Waals surface area (Å²) >= 11 is 0.923. The van der Waals surface area contributed by atoms with Crippen molar-refractivity contribution in [1.82, 2.24) is 19.8 Å². The molecule has 3 aromatic rings. The fraction of sp³-hybridized carbons (Fsp3) is 0.227. The molecule has 2 fully saturated rings. The molecule has 2 saturated heterocycles. The van der Waals surface area contributed by atoms with Crippen LogP contribution >= 0.6 is 11.8 Å². The molecule has 2 aromatic carbocycles. The first kappa shape index (κ1) is 18.9. The lowest BCUT2D eigenvalue weighted by Gasteiger charge is -2.34. The third-order valence-electron chi connectivity index (χ3n) is 5.51. The Labute approximate surface area is 178 Å². The number of nitrogens with one attached hydrogen (secondary N) is 1. The number of carbonyl (C=O) groups is 2. The van der Waals surface area contributed by atoms with Crippen LogP contribution in [0.1, 0.15) is 5.56 Å². The number of imidazole rings is 1. The topological polar surface area (TPSA) is 70.5 Å². The molecule has 0 spiro atoms. The molecule has 30 heavy (non-hydrogen) atoms. The van der Waals surface area contributed by atoms with Crippen molar-refractivity contribution < 1.29 is 9.59 Å². The Morgan fingerprint density at radius 3 is 2.43 bits per heavy atom. The van der Waals surface area contributed by atoms with Gasteiger partial charge in [0.1, 0.15) is 6.33 Å². The van der Waals surface area contributed by atoms with Crippen LogP contribution in [0.5, 0.6) is 0 Å². The molecule has 1 N–H and O–H groups in total. The van der Waals surface area contributed by atoms with Crippen molar-refractivity contribution in [2.45, 2.75) is 0 Å². The fourth-order valence-corrected chi connectivity index (χ4v) is 4.46. The van der Waals surface area contributed by atoms with Crippen molar-refractivity contribution >= 4 is 45.7 Å². The predicted molar refractivity (Wildman–Crippen MR) is 120 cm³/mol. The Balaban J connectivity index is 1.44. The Bertz CT molecular complexity index is 1160. The van der Waals surface area contributed by atoms with Gasteiger partial charge in [0.05, 0.1) is 15.9 Å². The molecule has 3 heterocycles. The van der Waals surface area contributed by atoms with Gasteiger partial charge >= 0.3 is 0 Å². The van der Waals surface area contributed by atoms with Gasteiger partial charge in [-0.25, -0.2) is 4.98 Å². The maximum atomic E-state index is 11.8. The summed E-state index contributed by atoms with van der Waals surface area (Å²) in [6, 6.07) is 14.3. The molecule has 1 aromatic heterocycles. The van der Waals surface area contributed by atoms with Gasteiger partial charge in [-0.2, -0.15) is 0 Å². The van der Waals surface area contributed by atoms with E-state index in [1.54, 1.807) is 6.08 Å². The highest BCUT2D eigenvalue weighted by Gasteiger charge is 2.25. The van der Waals surface area contributed by atoms with Gasteiger partial charge in [0.25, 0.3) is 11.1 Å². The molecule has 8 heteroatoms. The Hall–Kier alpha value is -3.10. The van der Waals surface area contributed by atoms with Crippen LogP contribution in [0.15, 0.2) is 53.7 Å². The summed E-state index contributed by atoms with van der Waals surface area (Å²) in [5, 5.41) is 1.95. The molecule has 0 bridgehead atoms. The second kappa shape index (κ2) is 7.62. The summed E-state index contributed by atoms with van der Waals surface area (Å²) in [4.78, 5) is 32.9. The van der Waals surface area contributed by atoms with E-state index in [9.17, 15) is 9.59 Å². The minimum absolute atomic E-state index is 0.335. The first-order valence-electron chi connectivity index (χ1n) is 9.83. The number of likely N-dealkylation sites (N-methyl/N-ethyl adjacent to an activating group) is 1. The summed E-state index contributed by atoms with van der Waals surface area (Å²) < 4.78 is 2.04. The summed E-state index contributed by atoms with van der Waals surface area (Å²) in [7, 11) is 2.16. The first-order valence-corrected chi connectivity index (χ1v) is 10.6. The van der Waals surface area contributed by atoms with E-state index < -0.39 is 0 Å². The smallest absolute Gasteiger partial charge is 0.290 e. The van der Waals surface area contributed by atoms with E-state index in [0.29, 0.717) is 4.91 Å². The molecule has 0 saturated carbocycles. The minimum atomic E-state index is -0.349. The average molecular weight is 420 g/mol. The molecule has 0 aliphatic carbocycles. The molecular formula is C22H21N5O2S. The molecule has 152 valence electrons. The van der Waals surface area contributed by atoms with Crippen LogP contribution in [0.25, 0.3) is 22.8 Å². The number of hydrogen-bond donors (Lipinski definition) is 1. The van der Waals surface area contributed by atoms with Gasteiger partial charge < -0.3 is 9.80 Å². The molecule has 2 aliphatic heterocycles. The first-order chi connectivity index (χ1) is 14.6. The number of hydrogen-bond acceptors (Lipinski definition) is 6. The van der Waals surface area contributed by atoms with Crippen molar-refractivity contribution in [2.24, 2.45) is 0 Å². The van der Waals surface area contributed by atoms with Crippen LogP contribution in [-0.4, -0.2) is 58.8 Å². The number of anilines is 1. The number of nitrogens with zero attached hydrogens (tertiary/aromatic N) is 4. The molecular weight excluding hydrogens is 398 g/mol. The quantitative estimate of drug-likeness (QED) is 0.658. The summed E-state index contributed by atoms with van der Waals surface area (Å²) in [5.74, 6) is -0.349. The standard InChI is InChI=1S/C22H21N5O2S/c1-25-8-10-26(11-9-25)16-3-5-17(6-4-16)27-14-23-18-7-2-15(12-19(18)27)13-20-21(28)24-22(29)30-20/h2-7,12-14H,8-11H2,1H3,(H,24,28,29)/b20-13-. The van der Waals surface area contributed by atoms with Crippen molar-refractivity contribution in [1.29, 1.82) is 0 Å². The molecule has 2 aliphatic rings. The van der Waals surface area contributed by atoms with E-state index >= 15 is 0 Å². The highest BCUT2D eigenvalue weighted by atomic mass is 32.2. The van der Waals surface area contributed by atoms with Crippen LogP contribution in [0.2, 0.25) is 0 Å². The lowest BCUT2D eigenvalue weighted by molar-refractivity contribution is -0.115. The van der Waals surface area contributed by atoms with E-state index in [1.165, 1.54) is 5.69 Å². The van der Waals surface area contributed by atoms with Crippen molar-refractivity contribution in [2.75, 3.05) is 38.1 Å². The number of thioether (sulfide) groups is 1. The predicted octanol–water partition coefficient (Wildman–Crippen LogP) is 3.10. The normalized spacial score (nSPS) is 19.1. The monoisotopic (exact) mass is 419 g/mol. The maximum Gasteiger partial charge on any atom is 0.290 e. The maximum absolute atomic E-state index is 11.8. The van der Waals surface area contributed by atoms with Crippen LogP contribution in [0, 0.1) is 0 Å². The number of aromatic nitrogens is 2. The summed E-state index contributed by atoms with van der Waals surface area (Å²) in [6.45, 7) is 4.23. The molecule has 5 rings (SSSR count). The zero-order chi connectivity index (χ0) is 20.7. The number of piperazine rings is 1. The van der Waals surface area contributed by atoms with E-state index in [1.807, 2.05) is 29.1 Å². The molecule has 7 nitrogen and oxygen atoms in total. The van der Waals surface area contributed by atoms with E-state index in [4.69, 9.17) is 0 Å². The van der Waals surface area contributed by atoms with Gasteiger partial charge in [-0.15, -0.1) is 0 Å². The highest BCUT2D eigenvalue weighted by Crippen LogP contribution is 2.28. The van der Waals surface area contributed by atoms with Gasteiger partial charge in [0, 0.05) is 37.6 Å². The van der Waals surface area contributed by atoms with Crippen LogP contribution in [0.3, 0.4) is 0 Å². The molecule has 0 atom stereocenters. The van der Waals surface area contributed by atoms with Gasteiger partial charge in [-0.05, 0) is 66.8 Å². The van der Waals surface area contributed by atoms with Crippen LogP contribution < -0.4 is 10.2 Å². The van der Waals surface area contributed by atoms with Gasteiger partial charge in [-0.3, -0.25) is 19.5 Å². The van der Waals surface area contributed by atoms with Crippen molar-refractivity contribution in [3.05, 3.63) is 59.3 Å². The van der Waals surface area contributed by atoms with Crippen LogP contribution in [-0.2, 0) is 4.79 Å². The van der Waals surface area contributed by atoms with E-state index in [2.05, 4.69) is 51.4 Å². The third-order valence-corrected chi connectivity index (χ3v) is 6.32. The molecule has 0 radical (unpaired) electrons. The average Bonchev–Trinajstić information content (AvgIpc) is 3.31. The highest BCUT2D eigenvalue weighted by molar-refractivity contribution is 8.18. The molecule has 0 unspecified atom stereocenters. The second-order valence-corrected chi connectivity index (χ2v) is 8.54.